The van der Waals surface area contributed by atoms with E-state index >= 15 is 0 Å². The fourth-order valence-electron chi connectivity index (χ4n) is 4.49. The number of hydrogen-bond acceptors (Lipinski definition) is 3. The number of carbonyl (C=O) groups excluding carboxylic acids is 1. The second-order valence-corrected chi connectivity index (χ2v) is 8.30. The Morgan fingerprint density at radius 2 is 1.97 bits per heavy atom. The Morgan fingerprint density at radius 3 is 2.76 bits per heavy atom. The summed E-state index contributed by atoms with van der Waals surface area (Å²) < 4.78 is 15.1. The van der Waals surface area contributed by atoms with Crippen molar-refractivity contribution in [2.24, 2.45) is 0 Å². The quantitative estimate of drug-likeness (QED) is 0.541. The molecule has 2 bridgehead atoms. The Hall–Kier alpha value is -2.57. The Balaban J connectivity index is 1.51. The van der Waals surface area contributed by atoms with Crippen molar-refractivity contribution < 1.29 is 9.18 Å². The van der Waals surface area contributed by atoms with Crippen molar-refractivity contribution in [2.75, 3.05) is 5.43 Å². The van der Waals surface area contributed by atoms with Gasteiger partial charge in [-0.1, -0.05) is 29.3 Å². The molecule has 0 radical (unpaired) electrons. The Labute approximate surface area is 176 Å². The first-order valence-corrected chi connectivity index (χ1v) is 10.2. The summed E-state index contributed by atoms with van der Waals surface area (Å²) in [6, 6.07) is 11.1. The number of rotatable bonds is 4. The summed E-state index contributed by atoms with van der Waals surface area (Å²) in [7, 11) is 0. The third kappa shape index (κ3) is 3.16. The maximum atomic E-state index is 13.4. The van der Waals surface area contributed by atoms with E-state index < -0.39 is 0 Å². The molecule has 0 unspecified atom stereocenters. The third-order valence-electron chi connectivity index (χ3n) is 5.68. The van der Waals surface area contributed by atoms with Crippen molar-refractivity contribution >= 4 is 34.8 Å². The van der Waals surface area contributed by atoms with E-state index in [0.29, 0.717) is 38.9 Å². The fraction of sp³-hybridized carbons (Fsp3) is 0.238. The van der Waals surface area contributed by atoms with Gasteiger partial charge in [0.1, 0.15) is 5.82 Å². The minimum absolute atomic E-state index is 0.324. The summed E-state index contributed by atoms with van der Waals surface area (Å²) in [5.74, 6) is -0.0530. The van der Waals surface area contributed by atoms with Crippen LogP contribution < -0.4 is 10.9 Å². The molecular weight excluding hydrogens is 414 g/mol. The predicted molar refractivity (Wildman–Crippen MR) is 110 cm³/mol. The van der Waals surface area contributed by atoms with E-state index in [-0.39, 0.29) is 11.7 Å². The number of carbonyl (C=O) groups is 1. The first-order chi connectivity index (χ1) is 14.0. The van der Waals surface area contributed by atoms with Crippen LogP contribution in [-0.2, 0) is 0 Å². The topological polar surface area (TPSA) is 59.0 Å². The van der Waals surface area contributed by atoms with E-state index in [1.807, 2.05) is 6.07 Å². The number of hydrazine groups is 1. The number of aromatic nitrogens is 2. The van der Waals surface area contributed by atoms with Crippen LogP contribution in [0.15, 0.2) is 42.5 Å². The normalized spacial score (nSPS) is 19.3. The molecule has 29 heavy (non-hydrogen) atoms. The molecule has 2 aliphatic rings. The monoisotopic (exact) mass is 430 g/mol. The van der Waals surface area contributed by atoms with Gasteiger partial charge in [0.2, 0.25) is 0 Å². The average Bonchev–Trinajstić information content (AvgIpc) is 3.39. The van der Waals surface area contributed by atoms with E-state index in [1.54, 1.807) is 28.9 Å². The van der Waals surface area contributed by atoms with Crippen LogP contribution in [0.5, 0.6) is 0 Å². The number of nitrogens with one attached hydrogen (secondary N) is 2. The second-order valence-electron chi connectivity index (χ2n) is 7.45. The Kier molecular flexibility index (Phi) is 4.48. The van der Waals surface area contributed by atoms with Crippen LogP contribution in [0.1, 0.15) is 52.8 Å². The van der Waals surface area contributed by atoms with Gasteiger partial charge in [0.25, 0.3) is 5.91 Å². The zero-order valence-electron chi connectivity index (χ0n) is 15.3. The van der Waals surface area contributed by atoms with Gasteiger partial charge in [0.15, 0.2) is 5.69 Å². The van der Waals surface area contributed by atoms with Crippen LogP contribution >= 0.6 is 23.2 Å². The predicted octanol–water partition coefficient (Wildman–Crippen LogP) is 5.44. The molecule has 1 aromatic heterocycles. The summed E-state index contributed by atoms with van der Waals surface area (Å²) in [6.07, 6.45) is 3.16. The van der Waals surface area contributed by atoms with Gasteiger partial charge in [0.05, 0.1) is 22.1 Å². The standard InChI is InChI=1S/C21H17Cl2FN4O/c22-13-6-7-17(16(23)9-13)28-20-12-5-4-11(8-12)18(20)19(27-28)21(29)26-25-15-3-1-2-14(24)10-15/h1-3,6-7,9-12,25H,4-5,8H2,(H,26,29)/t11-,12-/m0/s1. The molecule has 1 fully saturated rings. The van der Waals surface area contributed by atoms with Crippen LogP contribution in [-0.4, -0.2) is 15.7 Å². The molecule has 0 saturated heterocycles. The van der Waals surface area contributed by atoms with Crippen LogP contribution in [0.25, 0.3) is 5.69 Å². The van der Waals surface area contributed by atoms with Gasteiger partial charge in [-0.2, -0.15) is 5.10 Å². The van der Waals surface area contributed by atoms with Crippen LogP contribution in [0.3, 0.4) is 0 Å². The first-order valence-electron chi connectivity index (χ1n) is 9.41. The molecule has 2 N–H and O–H groups in total. The maximum absolute atomic E-state index is 13.4. The van der Waals surface area contributed by atoms with Crippen molar-refractivity contribution in [1.29, 1.82) is 0 Å². The number of fused-ring (bicyclic) bond motifs is 5. The fourth-order valence-corrected chi connectivity index (χ4v) is 4.98. The zero-order valence-corrected chi connectivity index (χ0v) is 16.8. The second kappa shape index (κ2) is 7.04. The number of nitrogens with zero attached hydrogens (tertiary/aromatic N) is 2. The molecule has 2 aromatic carbocycles. The highest BCUT2D eigenvalue weighted by atomic mass is 35.5. The molecule has 5 rings (SSSR count). The summed E-state index contributed by atoms with van der Waals surface area (Å²) in [4.78, 5) is 12.9. The molecule has 5 nitrogen and oxygen atoms in total. The molecule has 0 aliphatic heterocycles. The minimum atomic E-state index is -0.385. The first kappa shape index (κ1) is 18.5. The van der Waals surface area contributed by atoms with Crippen molar-refractivity contribution in [1.82, 2.24) is 15.2 Å². The molecule has 3 aromatic rings. The van der Waals surface area contributed by atoms with Gasteiger partial charge in [-0.05, 0) is 61.6 Å². The SMILES string of the molecule is O=C(NNc1cccc(F)c1)c1nn(-c2ccc(Cl)cc2Cl)c2c1[C@H]1CC[C@H]2C1. The molecular formula is C21H17Cl2FN4O. The Morgan fingerprint density at radius 1 is 1.14 bits per heavy atom. The maximum Gasteiger partial charge on any atom is 0.290 e. The highest BCUT2D eigenvalue weighted by Crippen LogP contribution is 2.54. The molecule has 8 heteroatoms. The number of halogens is 3. The zero-order chi connectivity index (χ0) is 20.1. The van der Waals surface area contributed by atoms with Gasteiger partial charge in [0, 0.05) is 16.5 Å². The van der Waals surface area contributed by atoms with Crippen molar-refractivity contribution in [2.45, 2.75) is 31.1 Å². The molecule has 0 spiro atoms. The Bertz CT molecular complexity index is 1130. The lowest BCUT2D eigenvalue weighted by atomic mass is 9.95. The van der Waals surface area contributed by atoms with E-state index in [0.717, 1.165) is 30.5 Å². The van der Waals surface area contributed by atoms with Gasteiger partial charge in [-0.3, -0.25) is 15.6 Å². The molecule has 1 amide bonds. The van der Waals surface area contributed by atoms with E-state index in [4.69, 9.17) is 23.2 Å². The summed E-state index contributed by atoms with van der Waals surface area (Å²) >= 11 is 12.5. The molecule has 148 valence electrons. The molecule has 1 heterocycles. The highest BCUT2D eigenvalue weighted by Gasteiger charge is 2.44. The summed E-state index contributed by atoms with van der Waals surface area (Å²) in [5.41, 5.74) is 8.98. The third-order valence-corrected chi connectivity index (χ3v) is 6.22. The van der Waals surface area contributed by atoms with Crippen LogP contribution in [0.4, 0.5) is 10.1 Å². The number of anilines is 1. The minimum Gasteiger partial charge on any atom is -0.298 e. The number of hydrogen-bond donors (Lipinski definition) is 2. The van der Waals surface area contributed by atoms with E-state index in [2.05, 4.69) is 16.0 Å². The van der Waals surface area contributed by atoms with Crippen molar-refractivity contribution in [3.63, 3.8) is 0 Å². The van der Waals surface area contributed by atoms with Gasteiger partial charge in [-0.25, -0.2) is 9.07 Å². The van der Waals surface area contributed by atoms with Crippen LogP contribution in [0, 0.1) is 5.82 Å². The molecule has 2 aliphatic carbocycles. The lowest BCUT2D eigenvalue weighted by molar-refractivity contribution is 0.0956. The molecule has 1 saturated carbocycles. The number of benzene rings is 2. The molecule has 2 atom stereocenters. The van der Waals surface area contributed by atoms with E-state index in [1.165, 1.54) is 12.1 Å². The summed E-state index contributed by atoms with van der Waals surface area (Å²) in [6.45, 7) is 0. The van der Waals surface area contributed by atoms with E-state index in [9.17, 15) is 9.18 Å². The van der Waals surface area contributed by atoms with Gasteiger partial charge in [-0.15, -0.1) is 0 Å². The smallest absolute Gasteiger partial charge is 0.290 e. The van der Waals surface area contributed by atoms with Crippen molar-refractivity contribution in [3.05, 3.63) is 75.3 Å². The highest BCUT2D eigenvalue weighted by molar-refractivity contribution is 6.35. The largest absolute Gasteiger partial charge is 0.298 e. The lowest BCUT2D eigenvalue weighted by Gasteiger charge is -2.15. The summed E-state index contributed by atoms with van der Waals surface area (Å²) in [5, 5.41) is 5.65. The number of amides is 1. The van der Waals surface area contributed by atoms with Crippen molar-refractivity contribution in [3.8, 4) is 5.69 Å². The van der Waals surface area contributed by atoms with Crippen LogP contribution in [0.2, 0.25) is 10.0 Å². The van der Waals surface area contributed by atoms with Gasteiger partial charge >= 0.3 is 0 Å². The average molecular weight is 431 g/mol. The van der Waals surface area contributed by atoms with Gasteiger partial charge < -0.3 is 0 Å². The lowest BCUT2D eigenvalue weighted by Crippen LogP contribution is -2.30.